The lowest BCUT2D eigenvalue weighted by Gasteiger charge is -2.38. The van der Waals surface area contributed by atoms with E-state index in [1.54, 1.807) is 6.20 Å². The molecule has 2 aliphatic rings. The molecule has 4 heterocycles. The summed E-state index contributed by atoms with van der Waals surface area (Å²) < 4.78 is 54.6. The third kappa shape index (κ3) is 4.73. The summed E-state index contributed by atoms with van der Waals surface area (Å²) >= 11 is 0. The average molecular weight is 513 g/mol. The minimum atomic E-state index is -1.10. The standard InChI is InChI=1S/C27H27F3N4O3/c1-14-9-16(31)13-34(12-14)26-15(11-32-27-17(26)7-8-37-27)10-21(35)20-5-3-19(29)25(33-20)23-18(28)4-6-22(36-2)24(23)30/h3-6,11,14,16H,7-10,12-13,31H2,1-2H3/t14-,16+/m1/s1. The fraction of sp³-hybridized carbons (Fsp3) is 0.370. The van der Waals surface area contributed by atoms with E-state index in [4.69, 9.17) is 15.2 Å². The summed E-state index contributed by atoms with van der Waals surface area (Å²) in [6.45, 7) is 4.05. The van der Waals surface area contributed by atoms with Crippen LogP contribution < -0.4 is 20.1 Å². The van der Waals surface area contributed by atoms with Gasteiger partial charge >= 0.3 is 0 Å². The second-order valence-electron chi connectivity index (χ2n) is 9.59. The van der Waals surface area contributed by atoms with Gasteiger partial charge in [-0.2, -0.15) is 0 Å². The molecule has 3 aromatic rings. The van der Waals surface area contributed by atoms with Crippen molar-refractivity contribution in [2.75, 3.05) is 31.7 Å². The Morgan fingerprint density at radius 3 is 2.73 bits per heavy atom. The molecule has 2 aliphatic heterocycles. The Bertz CT molecular complexity index is 1360. The summed E-state index contributed by atoms with van der Waals surface area (Å²) in [5, 5.41) is 0. The quantitative estimate of drug-likeness (QED) is 0.498. The second-order valence-corrected chi connectivity index (χ2v) is 9.59. The van der Waals surface area contributed by atoms with E-state index in [2.05, 4.69) is 21.8 Å². The number of aromatic nitrogens is 2. The van der Waals surface area contributed by atoms with Gasteiger partial charge in [0.05, 0.1) is 25.0 Å². The van der Waals surface area contributed by atoms with Crippen LogP contribution in [0.1, 0.15) is 35.0 Å². The molecule has 0 aliphatic carbocycles. The predicted molar refractivity (Wildman–Crippen MR) is 132 cm³/mol. The van der Waals surface area contributed by atoms with Crippen LogP contribution >= 0.6 is 0 Å². The number of anilines is 1. The predicted octanol–water partition coefficient (Wildman–Crippen LogP) is 4.10. The molecule has 0 amide bonds. The van der Waals surface area contributed by atoms with Crippen molar-refractivity contribution < 1.29 is 27.4 Å². The molecule has 0 bridgehead atoms. The van der Waals surface area contributed by atoms with Gasteiger partial charge < -0.3 is 20.1 Å². The number of pyridine rings is 2. The number of Topliss-reactive ketones (excluding diaryl/α,β-unsaturated/α-hetero) is 1. The zero-order valence-electron chi connectivity index (χ0n) is 20.6. The van der Waals surface area contributed by atoms with Crippen LogP contribution in [0, 0.1) is 23.4 Å². The molecule has 194 valence electrons. The maximum Gasteiger partial charge on any atom is 0.218 e. The van der Waals surface area contributed by atoms with Crippen molar-refractivity contribution in [1.29, 1.82) is 0 Å². The molecule has 0 saturated carbocycles. The average Bonchev–Trinajstić information content (AvgIpc) is 3.33. The Kier molecular flexibility index (Phi) is 6.76. The fourth-order valence-electron chi connectivity index (χ4n) is 5.22. The first-order valence-corrected chi connectivity index (χ1v) is 12.1. The van der Waals surface area contributed by atoms with Crippen molar-refractivity contribution in [1.82, 2.24) is 9.97 Å². The minimum absolute atomic E-state index is 0.00702. The van der Waals surface area contributed by atoms with Crippen molar-refractivity contribution in [3.05, 3.63) is 64.7 Å². The molecule has 1 aromatic carbocycles. The third-order valence-corrected chi connectivity index (χ3v) is 6.78. The van der Waals surface area contributed by atoms with Gasteiger partial charge in [-0.15, -0.1) is 0 Å². The lowest BCUT2D eigenvalue weighted by atomic mass is 9.93. The number of hydrogen-bond donors (Lipinski definition) is 1. The van der Waals surface area contributed by atoms with E-state index in [0.29, 0.717) is 36.9 Å². The van der Waals surface area contributed by atoms with E-state index in [9.17, 15) is 18.0 Å². The summed E-state index contributed by atoms with van der Waals surface area (Å²) in [5.74, 6) is -2.87. The largest absolute Gasteiger partial charge is 0.494 e. The number of ether oxygens (including phenoxy) is 2. The molecule has 0 spiro atoms. The van der Waals surface area contributed by atoms with E-state index in [1.807, 2.05) is 0 Å². The zero-order chi connectivity index (χ0) is 26.3. The van der Waals surface area contributed by atoms with Gasteiger partial charge in [0.25, 0.3) is 0 Å². The minimum Gasteiger partial charge on any atom is -0.494 e. The Hall–Kier alpha value is -3.66. The number of carbonyl (C=O) groups is 1. The summed E-state index contributed by atoms with van der Waals surface area (Å²) in [5.41, 5.74) is 7.36. The van der Waals surface area contributed by atoms with Crippen LogP contribution in [-0.2, 0) is 12.8 Å². The maximum absolute atomic E-state index is 14.8. The van der Waals surface area contributed by atoms with Crippen molar-refractivity contribution in [2.45, 2.75) is 32.2 Å². The van der Waals surface area contributed by atoms with Gasteiger partial charge in [-0.3, -0.25) is 4.79 Å². The number of rotatable bonds is 6. The lowest BCUT2D eigenvalue weighted by Crippen LogP contribution is -2.47. The lowest BCUT2D eigenvalue weighted by molar-refractivity contribution is 0.0988. The number of carbonyl (C=O) groups excluding carboxylic acids is 1. The topological polar surface area (TPSA) is 90.6 Å². The maximum atomic E-state index is 14.8. The molecule has 10 heteroatoms. The van der Waals surface area contributed by atoms with E-state index >= 15 is 0 Å². The molecule has 1 saturated heterocycles. The Balaban J connectivity index is 1.51. The molecule has 7 nitrogen and oxygen atoms in total. The first kappa shape index (κ1) is 25.0. The van der Waals surface area contributed by atoms with Gasteiger partial charge in [0.2, 0.25) is 5.88 Å². The van der Waals surface area contributed by atoms with Gasteiger partial charge in [-0.25, -0.2) is 23.1 Å². The molecule has 2 N–H and O–H groups in total. The number of piperidine rings is 1. The molecule has 0 radical (unpaired) electrons. The van der Waals surface area contributed by atoms with E-state index in [0.717, 1.165) is 42.4 Å². The SMILES string of the molecule is COc1ccc(F)c(-c2nc(C(=O)Cc3cnc4c(c3N3C[C@H](C)C[C@H](N)C3)CCO4)ccc2F)c1F. The van der Waals surface area contributed by atoms with Crippen LogP contribution in [0.4, 0.5) is 18.9 Å². The summed E-state index contributed by atoms with van der Waals surface area (Å²) in [4.78, 5) is 24.0. The van der Waals surface area contributed by atoms with Gasteiger partial charge in [0.1, 0.15) is 23.0 Å². The molecular weight excluding hydrogens is 485 g/mol. The second kappa shape index (κ2) is 10.0. The number of hydrogen-bond acceptors (Lipinski definition) is 7. The molecule has 1 fully saturated rings. The normalized spacial score (nSPS) is 18.9. The molecule has 2 atom stereocenters. The number of halogens is 3. The number of nitrogens with two attached hydrogens (primary N) is 1. The molecule has 2 aromatic heterocycles. The molecule has 5 rings (SSSR count). The van der Waals surface area contributed by atoms with Crippen LogP contribution in [0.25, 0.3) is 11.3 Å². The van der Waals surface area contributed by atoms with E-state index < -0.39 is 34.5 Å². The van der Waals surface area contributed by atoms with E-state index in [1.165, 1.54) is 13.2 Å². The highest BCUT2D eigenvalue weighted by Crippen LogP contribution is 2.38. The van der Waals surface area contributed by atoms with Crippen LogP contribution in [0.15, 0.2) is 30.5 Å². The Morgan fingerprint density at radius 1 is 1.19 bits per heavy atom. The van der Waals surface area contributed by atoms with Crippen LogP contribution in [-0.4, -0.2) is 48.6 Å². The van der Waals surface area contributed by atoms with Gasteiger partial charge in [-0.1, -0.05) is 6.92 Å². The fourth-order valence-corrected chi connectivity index (χ4v) is 5.22. The number of ketones is 1. The molecular formula is C27H27F3N4O3. The summed E-state index contributed by atoms with van der Waals surface area (Å²) in [6, 6.07) is 4.24. The number of methoxy groups -OCH3 is 1. The monoisotopic (exact) mass is 512 g/mol. The van der Waals surface area contributed by atoms with Gasteiger partial charge in [-0.05, 0) is 36.6 Å². The van der Waals surface area contributed by atoms with Crippen LogP contribution in [0.2, 0.25) is 0 Å². The van der Waals surface area contributed by atoms with Gasteiger partial charge in [0.15, 0.2) is 17.3 Å². The Labute approximate surface area is 212 Å². The first-order chi connectivity index (χ1) is 17.8. The van der Waals surface area contributed by atoms with Gasteiger partial charge in [0, 0.05) is 49.3 Å². The van der Waals surface area contributed by atoms with E-state index in [-0.39, 0.29) is 23.9 Å². The Morgan fingerprint density at radius 2 is 1.97 bits per heavy atom. The number of fused-ring (bicyclic) bond motifs is 1. The van der Waals surface area contributed by atoms with Crippen molar-refractivity contribution in [3.8, 4) is 22.9 Å². The van der Waals surface area contributed by atoms with Crippen molar-refractivity contribution in [2.24, 2.45) is 11.7 Å². The third-order valence-electron chi connectivity index (χ3n) is 6.78. The summed E-state index contributed by atoms with van der Waals surface area (Å²) in [6.07, 6.45) is 3.09. The van der Waals surface area contributed by atoms with Crippen LogP contribution in [0.5, 0.6) is 11.6 Å². The highest BCUT2D eigenvalue weighted by molar-refractivity contribution is 5.97. The highest BCUT2D eigenvalue weighted by atomic mass is 19.1. The smallest absolute Gasteiger partial charge is 0.218 e. The highest BCUT2D eigenvalue weighted by Gasteiger charge is 2.30. The molecule has 37 heavy (non-hydrogen) atoms. The van der Waals surface area contributed by atoms with Crippen LogP contribution in [0.3, 0.4) is 0 Å². The summed E-state index contributed by atoms with van der Waals surface area (Å²) in [7, 11) is 1.22. The number of benzene rings is 1. The van der Waals surface area contributed by atoms with Crippen molar-refractivity contribution >= 4 is 11.5 Å². The zero-order valence-corrected chi connectivity index (χ0v) is 20.6. The van der Waals surface area contributed by atoms with Crippen molar-refractivity contribution in [3.63, 3.8) is 0 Å². The molecule has 0 unspecified atom stereocenters. The number of nitrogens with zero attached hydrogens (tertiary/aromatic N) is 3. The first-order valence-electron chi connectivity index (χ1n) is 12.1.